The van der Waals surface area contributed by atoms with Crippen LogP contribution >= 0.6 is 23.2 Å². The van der Waals surface area contributed by atoms with Crippen LogP contribution in [0.2, 0.25) is 10.0 Å². The second kappa shape index (κ2) is 7.03. The Morgan fingerprint density at radius 2 is 1.71 bits per heavy atom. The van der Waals surface area contributed by atoms with Gasteiger partial charge in [-0.2, -0.15) is 0 Å². The van der Waals surface area contributed by atoms with Crippen LogP contribution in [0.1, 0.15) is 5.56 Å². The van der Waals surface area contributed by atoms with Crippen LogP contribution < -0.4 is 14.8 Å². The van der Waals surface area contributed by atoms with Crippen molar-refractivity contribution in [3.05, 3.63) is 45.9 Å². The summed E-state index contributed by atoms with van der Waals surface area (Å²) in [6.45, 7) is 0.697. The zero-order valence-corrected chi connectivity index (χ0v) is 13.7. The van der Waals surface area contributed by atoms with Gasteiger partial charge in [0.15, 0.2) is 0 Å². The van der Waals surface area contributed by atoms with E-state index in [9.17, 15) is 0 Å². The molecule has 0 aliphatic rings. The number of hydrogen-bond donors (Lipinski definition) is 1. The Balaban J connectivity index is 2.64. The molecule has 1 N–H and O–H groups in total. The van der Waals surface area contributed by atoms with E-state index in [1.165, 1.54) is 0 Å². The van der Waals surface area contributed by atoms with E-state index < -0.39 is 0 Å². The SMILES string of the molecule is CNCc1cc(Cl)ccc1-c1ccc(OC)c(Cl)c1OC. The molecule has 2 aromatic rings. The molecule has 0 unspecified atom stereocenters. The Hall–Kier alpha value is -1.42. The predicted octanol–water partition coefficient (Wildman–Crippen LogP) is 4.40. The van der Waals surface area contributed by atoms with Crippen LogP contribution in [-0.4, -0.2) is 21.3 Å². The molecule has 0 saturated carbocycles. The lowest BCUT2D eigenvalue weighted by atomic mass is 9.98. The van der Waals surface area contributed by atoms with Gasteiger partial charge in [-0.1, -0.05) is 29.3 Å². The molecule has 0 fully saturated rings. The minimum atomic E-state index is 0.461. The van der Waals surface area contributed by atoms with Crippen LogP contribution in [0.4, 0.5) is 0 Å². The van der Waals surface area contributed by atoms with E-state index in [1.54, 1.807) is 14.2 Å². The summed E-state index contributed by atoms with van der Waals surface area (Å²) in [5.41, 5.74) is 3.00. The summed E-state index contributed by atoms with van der Waals surface area (Å²) in [7, 11) is 5.07. The van der Waals surface area contributed by atoms with E-state index in [4.69, 9.17) is 32.7 Å². The summed E-state index contributed by atoms with van der Waals surface area (Å²) in [6, 6.07) is 9.53. The number of methoxy groups -OCH3 is 2. The normalized spacial score (nSPS) is 10.5. The van der Waals surface area contributed by atoms with E-state index in [0.29, 0.717) is 28.1 Å². The second-order valence-corrected chi connectivity index (χ2v) is 5.31. The van der Waals surface area contributed by atoms with Crippen LogP contribution in [0.15, 0.2) is 30.3 Å². The highest BCUT2D eigenvalue weighted by molar-refractivity contribution is 6.34. The average Bonchev–Trinajstić information content (AvgIpc) is 2.47. The fraction of sp³-hybridized carbons (Fsp3) is 0.250. The standard InChI is InChI=1S/C16H17Cl2NO2/c1-19-9-10-8-11(17)4-5-12(10)13-6-7-14(20-2)15(18)16(13)21-3/h4-8,19H,9H2,1-3H3. The largest absolute Gasteiger partial charge is 0.495 e. The van der Waals surface area contributed by atoms with Crippen LogP contribution in [0.3, 0.4) is 0 Å². The smallest absolute Gasteiger partial charge is 0.149 e. The molecule has 0 saturated heterocycles. The van der Waals surface area contributed by atoms with E-state index >= 15 is 0 Å². The van der Waals surface area contributed by atoms with Crippen molar-refractivity contribution in [3.63, 3.8) is 0 Å². The van der Waals surface area contributed by atoms with Gasteiger partial charge in [-0.3, -0.25) is 0 Å². The third kappa shape index (κ3) is 3.26. The molecule has 2 aromatic carbocycles. The molecule has 5 heteroatoms. The molecule has 0 spiro atoms. The highest BCUT2D eigenvalue weighted by Crippen LogP contribution is 2.43. The van der Waals surface area contributed by atoms with Gasteiger partial charge < -0.3 is 14.8 Å². The number of halogens is 2. The van der Waals surface area contributed by atoms with E-state index in [1.807, 2.05) is 37.4 Å². The summed E-state index contributed by atoms with van der Waals surface area (Å²) >= 11 is 12.4. The van der Waals surface area contributed by atoms with E-state index in [0.717, 1.165) is 16.7 Å². The molecular weight excluding hydrogens is 309 g/mol. The van der Waals surface area contributed by atoms with Crippen molar-refractivity contribution in [1.29, 1.82) is 0 Å². The predicted molar refractivity (Wildman–Crippen MR) is 87.8 cm³/mol. The molecule has 0 heterocycles. The lowest BCUT2D eigenvalue weighted by Gasteiger charge is -2.16. The highest BCUT2D eigenvalue weighted by Gasteiger charge is 2.16. The molecule has 0 aliphatic heterocycles. The average molecular weight is 326 g/mol. The Morgan fingerprint density at radius 3 is 2.33 bits per heavy atom. The third-order valence-electron chi connectivity index (χ3n) is 3.21. The van der Waals surface area contributed by atoms with Crippen molar-refractivity contribution in [3.8, 4) is 22.6 Å². The van der Waals surface area contributed by atoms with Crippen molar-refractivity contribution >= 4 is 23.2 Å². The molecule has 0 radical (unpaired) electrons. The van der Waals surface area contributed by atoms with Gasteiger partial charge in [0.1, 0.15) is 16.5 Å². The van der Waals surface area contributed by atoms with Crippen molar-refractivity contribution in [1.82, 2.24) is 5.32 Å². The van der Waals surface area contributed by atoms with Gasteiger partial charge in [0.2, 0.25) is 0 Å². The van der Waals surface area contributed by atoms with Crippen molar-refractivity contribution in [2.24, 2.45) is 0 Å². The number of rotatable bonds is 5. The molecular formula is C16H17Cl2NO2. The molecule has 21 heavy (non-hydrogen) atoms. The molecule has 0 amide bonds. The quantitative estimate of drug-likeness (QED) is 0.883. The Labute approximate surface area is 134 Å². The first-order valence-corrected chi connectivity index (χ1v) is 7.21. The first kappa shape index (κ1) is 16.0. The molecule has 0 aliphatic carbocycles. The Morgan fingerprint density at radius 1 is 1.00 bits per heavy atom. The minimum absolute atomic E-state index is 0.461. The van der Waals surface area contributed by atoms with Gasteiger partial charge >= 0.3 is 0 Å². The Bertz CT molecular complexity index is 644. The van der Waals surface area contributed by atoms with Crippen molar-refractivity contribution < 1.29 is 9.47 Å². The summed E-state index contributed by atoms with van der Waals surface area (Å²) in [5, 5.41) is 4.30. The minimum Gasteiger partial charge on any atom is -0.495 e. The Kier molecular flexibility index (Phi) is 5.34. The molecule has 3 nitrogen and oxygen atoms in total. The number of hydrogen-bond acceptors (Lipinski definition) is 3. The lowest BCUT2D eigenvalue weighted by Crippen LogP contribution is -2.06. The van der Waals surface area contributed by atoms with Crippen LogP contribution in [0.25, 0.3) is 11.1 Å². The monoisotopic (exact) mass is 325 g/mol. The summed E-state index contributed by atoms with van der Waals surface area (Å²) in [4.78, 5) is 0. The maximum atomic E-state index is 6.33. The van der Waals surface area contributed by atoms with Crippen LogP contribution in [0, 0.1) is 0 Å². The maximum Gasteiger partial charge on any atom is 0.149 e. The second-order valence-electron chi connectivity index (χ2n) is 4.49. The van der Waals surface area contributed by atoms with E-state index in [-0.39, 0.29) is 0 Å². The van der Waals surface area contributed by atoms with Gasteiger partial charge in [0.05, 0.1) is 14.2 Å². The third-order valence-corrected chi connectivity index (χ3v) is 3.80. The maximum absolute atomic E-state index is 6.33. The zero-order chi connectivity index (χ0) is 15.4. The summed E-state index contributed by atoms with van der Waals surface area (Å²) < 4.78 is 10.7. The molecule has 112 valence electrons. The van der Waals surface area contributed by atoms with Crippen LogP contribution in [0.5, 0.6) is 11.5 Å². The molecule has 2 rings (SSSR count). The number of nitrogens with one attached hydrogen (secondary N) is 1. The summed E-state index contributed by atoms with van der Waals surface area (Å²) in [5.74, 6) is 1.18. The number of benzene rings is 2. The van der Waals surface area contributed by atoms with Gasteiger partial charge in [0.25, 0.3) is 0 Å². The molecule has 0 bridgehead atoms. The van der Waals surface area contributed by atoms with Crippen molar-refractivity contribution in [2.45, 2.75) is 6.54 Å². The van der Waals surface area contributed by atoms with Gasteiger partial charge in [-0.25, -0.2) is 0 Å². The highest BCUT2D eigenvalue weighted by atomic mass is 35.5. The summed E-state index contributed by atoms with van der Waals surface area (Å²) in [6.07, 6.45) is 0. The topological polar surface area (TPSA) is 30.5 Å². The lowest BCUT2D eigenvalue weighted by molar-refractivity contribution is 0.396. The molecule has 0 atom stereocenters. The van der Waals surface area contributed by atoms with Crippen molar-refractivity contribution in [2.75, 3.05) is 21.3 Å². The first-order valence-electron chi connectivity index (χ1n) is 6.46. The zero-order valence-electron chi connectivity index (χ0n) is 12.2. The van der Waals surface area contributed by atoms with Gasteiger partial charge in [-0.05, 0) is 42.4 Å². The fourth-order valence-electron chi connectivity index (χ4n) is 2.27. The van der Waals surface area contributed by atoms with Gasteiger partial charge in [-0.15, -0.1) is 0 Å². The molecule has 0 aromatic heterocycles. The van der Waals surface area contributed by atoms with E-state index in [2.05, 4.69) is 5.32 Å². The van der Waals surface area contributed by atoms with Crippen LogP contribution in [-0.2, 0) is 6.54 Å². The number of ether oxygens (including phenoxy) is 2. The van der Waals surface area contributed by atoms with Gasteiger partial charge in [0, 0.05) is 17.1 Å². The first-order chi connectivity index (χ1) is 10.1. The fourth-order valence-corrected chi connectivity index (χ4v) is 2.78.